The molecule has 2 heterocycles. The molecule has 94 valence electrons. The average Bonchev–Trinajstić information content (AvgIpc) is 2.76. The molecule has 2 unspecified atom stereocenters. The highest BCUT2D eigenvalue weighted by atomic mass is 32.1. The van der Waals surface area contributed by atoms with E-state index in [2.05, 4.69) is 11.9 Å². The van der Waals surface area contributed by atoms with Crippen LogP contribution in [0, 0.1) is 0 Å². The quantitative estimate of drug-likeness (QED) is 0.836. The Morgan fingerprint density at radius 1 is 1.41 bits per heavy atom. The van der Waals surface area contributed by atoms with Crippen LogP contribution in [0.4, 0.5) is 0 Å². The molecule has 1 aromatic rings. The third kappa shape index (κ3) is 2.02. The summed E-state index contributed by atoms with van der Waals surface area (Å²) >= 11 is 1.75. The van der Waals surface area contributed by atoms with Crippen molar-refractivity contribution in [2.45, 2.75) is 57.2 Å². The van der Waals surface area contributed by atoms with Gasteiger partial charge in [-0.25, -0.2) is 4.98 Å². The fourth-order valence-electron chi connectivity index (χ4n) is 2.72. The highest BCUT2D eigenvalue weighted by molar-refractivity contribution is 7.11. The Balaban J connectivity index is 1.93. The van der Waals surface area contributed by atoms with E-state index in [-0.39, 0.29) is 11.7 Å². The zero-order chi connectivity index (χ0) is 11.9. The monoisotopic (exact) mass is 253 g/mol. The second-order valence-electron chi connectivity index (χ2n) is 5.27. The topological polar surface area (TPSA) is 42.4 Å². The first-order valence-corrected chi connectivity index (χ1v) is 7.33. The Bertz CT molecular complexity index is 410. The first kappa shape index (κ1) is 11.6. The van der Waals surface area contributed by atoms with E-state index < -0.39 is 0 Å². The standard InChI is InChI=1S/C13H19NO2S/c1-13(7-2-3-8-16-13)12-14-11-9(15)5-4-6-10(11)17-12/h9,15H,2-8H2,1H3. The Labute approximate surface area is 106 Å². The average molecular weight is 253 g/mol. The maximum Gasteiger partial charge on any atom is 0.125 e. The van der Waals surface area contributed by atoms with Gasteiger partial charge >= 0.3 is 0 Å². The van der Waals surface area contributed by atoms with E-state index in [1.165, 1.54) is 11.3 Å². The van der Waals surface area contributed by atoms with Crippen LogP contribution >= 0.6 is 11.3 Å². The zero-order valence-electron chi connectivity index (χ0n) is 10.2. The maximum absolute atomic E-state index is 9.96. The number of nitrogens with zero attached hydrogens (tertiary/aromatic N) is 1. The lowest BCUT2D eigenvalue weighted by atomic mass is 9.96. The molecular formula is C13H19NO2S. The Morgan fingerprint density at radius 2 is 2.29 bits per heavy atom. The summed E-state index contributed by atoms with van der Waals surface area (Å²) in [6.07, 6.45) is 6.07. The Hall–Kier alpha value is -0.450. The van der Waals surface area contributed by atoms with E-state index in [0.29, 0.717) is 0 Å². The molecule has 2 aliphatic rings. The van der Waals surface area contributed by atoms with E-state index >= 15 is 0 Å². The molecule has 1 saturated heterocycles. The van der Waals surface area contributed by atoms with Crippen molar-refractivity contribution in [3.63, 3.8) is 0 Å². The van der Waals surface area contributed by atoms with Gasteiger partial charge in [0.15, 0.2) is 0 Å². The van der Waals surface area contributed by atoms with Crippen molar-refractivity contribution in [1.82, 2.24) is 4.98 Å². The molecule has 1 aliphatic heterocycles. The first-order valence-electron chi connectivity index (χ1n) is 6.51. The van der Waals surface area contributed by atoms with Gasteiger partial charge in [0.1, 0.15) is 10.6 Å². The largest absolute Gasteiger partial charge is 0.387 e. The molecule has 1 aromatic heterocycles. The van der Waals surface area contributed by atoms with Gasteiger partial charge in [-0.3, -0.25) is 0 Å². The first-order chi connectivity index (χ1) is 8.19. The second kappa shape index (κ2) is 4.34. The number of rotatable bonds is 1. The summed E-state index contributed by atoms with van der Waals surface area (Å²) in [7, 11) is 0. The van der Waals surface area contributed by atoms with Gasteiger partial charge in [0, 0.05) is 11.5 Å². The number of aliphatic hydroxyl groups is 1. The molecule has 0 saturated carbocycles. The number of hydrogen-bond donors (Lipinski definition) is 1. The lowest BCUT2D eigenvalue weighted by molar-refractivity contribution is -0.0704. The number of aryl methyl sites for hydroxylation is 1. The summed E-state index contributed by atoms with van der Waals surface area (Å²) in [5.74, 6) is 0. The minimum Gasteiger partial charge on any atom is -0.387 e. The van der Waals surface area contributed by atoms with Gasteiger partial charge in [-0.2, -0.15) is 0 Å². The van der Waals surface area contributed by atoms with E-state index in [0.717, 1.165) is 49.4 Å². The van der Waals surface area contributed by atoms with E-state index in [4.69, 9.17) is 4.74 Å². The normalized spacial score (nSPS) is 33.4. The number of aromatic nitrogens is 1. The highest BCUT2D eigenvalue weighted by Crippen LogP contribution is 2.41. The van der Waals surface area contributed by atoms with Crippen LogP contribution in [-0.2, 0) is 16.8 Å². The van der Waals surface area contributed by atoms with Gasteiger partial charge in [-0.15, -0.1) is 11.3 Å². The number of ether oxygens (including phenoxy) is 1. The van der Waals surface area contributed by atoms with Crippen molar-refractivity contribution in [2.24, 2.45) is 0 Å². The minimum absolute atomic E-state index is 0.208. The van der Waals surface area contributed by atoms with Crippen LogP contribution in [-0.4, -0.2) is 16.7 Å². The van der Waals surface area contributed by atoms with E-state index in [1.807, 2.05) is 0 Å². The number of thiazole rings is 1. The predicted molar refractivity (Wildman–Crippen MR) is 67.2 cm³/mol. The molecule has 0 bridgehead atoms. The summed E-state index contributed by atoms with van der Waals surface area (Å²) in [6.45, 7) is 2.98. The van der Waals surface area contributed by atoms with Crippen molar-refractivity contribution >= 4 is 11.3 Å². The molecule has 2 atom stereocenters. The molecule has 0 spiro atoms. The summed E-state index contributed by atoms with van der Waals surface area (Å²) < 4.78 is 5.93. The molecule has 1 N–H and O–H groups in total. The van der Waals surface area contributed by atoms with Crippen LogP contribution in [0.2, 0.25) is 0 Å². The summed E-state index contributed by atoms with van der Waals surface area (Å²) in [5.41, 5.74) is 0.714. The van der Waals surface area contributed by atoms with Gasteiger partial charge in [0.25, 0.3) is 0 Å². The molecule has 3 rings (SSSR count). The second-order valence-corrected chi connectivity index (χ2v) is 6.36. The molecule has 1 fully saturated rings. The summed E-state index contributed by atoms with van der Waals surface area (Å²) in [5, 5.41) is 11.0. The van der Waals surface area contributed by atoms with Crippen LogP contribution in [0.1, 0.15) is 60.7 Å². The SMILES string of the molecule is CC1(c2nc3c(s2)CCCC3O)CCCCO1. The van der Waals surface area contributed by atoms with Gasteiger partial charge in [-0.05, 0) is 45.4 Å². The summed E-state index contributed by atoms with van der Waals surface area (Å²) in [6, 6.07) is 0. The van der Waals surface area contributed by atoms with Crippen molar-refractivity contribution in [3.05, 3.63) is 15.6 Å². The van der Waals surface area contributed by atoms with Gasteiger partial charge in [0.2, 0.25) is 0 Å². The minimum atomic E-state index is -0.351. The van der Waals surface area contributed by atoms with Crippen LogP contribution in [0.5, 0.6) is 0 Å². The lowest BCUT2D eigenvalue weighted by Gasteiger charge is -2.31. The summed E-state index contributed by atoms with van der Waals surface area (Å²) in [4.78, 5) is 5.94. The predicted octanol–water partition coefficient (Wildman–Crippen LogP) is 2.93. The molecule has 0 radical (unpaired) electrons. The molecular weight excluding hydrogens is 234 g/mol. The third-order valence-corrected chi connectivity index (χ3v) is 5.22. The molecule has 0 amide bonds. The molecule has 1 aliphatic carbocycles. The molecule has 3 nitrogen and oxygen atoms in total. The van der Waals surface area contributed by atoms with Gasteiger partial charge in [-0.1, -0.05) is 0 Å². The van der Waals surface area contributed by atoms with Crippen molar-refractivity contribution < 1.29 is 9.84 Å². The van der Waals surface area contributed by atoms with Crippen LogP contribution in [0.25, 0.3) is 0 Å². The molecule has 0 aromatic carbocycles. The highest BCUT2D eigenvalue weighted by Gasteiger charge is 2.35. The zero-order valence-corrected chi connectivity index (χ0v) is 11.1. The molecule has 4 heteroatoms. The number of fused-ring (bicyclic) bond motifs is 1. The van der Waals surface area contributed by atoms with Gasteiger partial charge < -0.3 is 9.84 Å². The van der Waals surface area contributed by atoms with Crippen LogP contribution in [0.15, 0.2) is 0 Å². The third-order valence-electron chi connectivity index (χ3n) is 3.85. The van der Waals surface area contributed by atoms with Gasteiger partial charge in [0.05, 0.1) is 11.8 Å². The fourth-order valence-corrected chi connectivity index (χ4v) is 4.01. The maximum atomic E-state index is 9.96. The Kier molecular flexibility index (Phi) is 2.97. The van der Waals surface area contributed by atoms with Crippen molar-refractivity contribution in [1.29, 1.82) is 0 Å². The van der Waals surface area contributed by atoms with E-state index in [9.17, 15) is 5.11 Å². The van der Waals surface area contributed by atoms with Crippen molar-refractivity contribution in [2.75, 3.05) is 6.61 Å². The van der Waals surface area contributed by atoms with Crippen molar-refractivity contribution in [3.8, 4) is 0 Å². The smallest absolute Gasteiger partial charge is 0.125 e. The number of aliphatic hydroxyl groups excluding tert-OH is 1. The number of hydrogen-bond acceptors (Lipinski definition) is 4. The van der Waals surface area contributed by atoms with Crippen LogP contribution in [0.3, 0.4) is 0 Å². The molecule has 17 heavy (non-hydrogen) atoms. The lowest BCUT2D eigenvalue weighted by Crippen LogP contribution is -2.30. The fraction of sp³-hybridized carbons (Fsp3) is 0.769. The van der Waals surface area contributed by atoms with Crippen LogP contribution < -0.4 is 0 Å². The van der Waals surface area contributed by atoms with E-state index in [1.54, 1.807) is 11.3 Å². The Morgan fingerprint density at radius 3 is 3.00 bits per heavy atom.